The van der Waals surface area contributed by atoms with Gasteiger partial charge in [0.25, 0.3) is 0 Å². The number of para-hydroxylation sites is 1. The second kappa shape index (κ2) is 6.38. The number of rotatable bonds is 4. The fourth-order valence-electron chi connectivity index (χ4n) is 1.92. The van der Waals surface area contributed by atoms with Crippen LogP contribution in [0.15, 0.2) is 35.7 Å². The molecule has 0 saturated carbocycles. The molecule has 2 rings (SSSR count). The molecule has 3 nitrogen and oxygen atoms in total. The molecule has 2 amide bonds. The average Bonchev–Trinajstić information content (AvgIpc) is 2.87. The van der Waals surface area contributed by atoms with E-state index in [1.54, 1.807) is 11.3 Å². The van der Waals surface area contributed by atoms with Gasteiger partial charge in [-0.15, -0.1) is 11.3 Å². The van der Waals surface area contributed by atoms with Crippen LogP contribution in [0.2, 0.25) is 0 Å². The standard InChI is InChI=1S/C15H18N2OS/c1-11-5-3-6-12(2)14(11)17-15(18)16-9-8-13-7-4-10-19-13/h3-7,10H,8-9H2,1-2H3,(H2,16,17,18). The van der Waals surface area contributed by atoms with Crippen molar-refractivity contribution in [1.82, 2.24) is 5.32 Å². The van der Waals surface area contributed by atoms with Crippen molar-refractivity contribution in [1.29, 1.82) is 0 Å². The predicted octanol–water partition coefficient (Wildman–Crippen LogP) is 3.73. The number of urea groups is 1. The number of carbonyl (C=O) groups excluding carboxylic acids is 1. The summed E-state index contributed by atoms with van der Waals surface area (Å²) < 4.78 is 0. The fourth-order valence-corrected chi connectivity index (χ4v) is 2.63. The third-order valence-electron chi connectivity index (χ3n) is 2.96. The topological polar surface area (TPSA) is 41.1 Å². The van der Waals surface area contributed by atoms with Crippen LogP contribution in [-0.4, -0.2) is 12.6 Å². The fraction of sp³-hybridized carbons (Fsp3) is 0.267. The summed E-state index contributed by atoms with van der Waals surface area (Å²) in [5, 5.41) is 7.84. The lowest BCUT2D eigenvalue weighted by Crippen LogP contribution is -2.30. The molecule has 1 aromatic heterocycles. The Kier molecular flexibility index (Phi) is 4.58. The van der Waals surface area contributed by atoms with Gasteiger partial charge in [0.2, 0.25) is 0 Å². The van der Waals surface area contributed by atoms with Gasteiger partial charge in [0, 0.05) is 17.1 Å². The van der Waals surface area contributed by atoms with Crippen molar-refractivity contribution in [2.75, 3.05) is 11.9 Å². The second-order valence-electron chi connectivity index (χ2n) is 4.48. The molecule has 1 heterocycles. The Bertz CT molecular complexity index is 529. The van der Waals surface area contributed by atoms with Crippen LogP contribution in [0, 0.1) is 13.8 Å². The first kappa shape index (κ1) is 13.6. The third-order valence-corrected chi connectivity index (χ3v) is 3.89. The predicted molar refractivity (Wildman–Crippen MR) is 81.0 cm³/mol. The first-order chi connectivity index (χ1) is 9.16. The van der Waals surface area contributed by atoms with Gasteiger partial charge in [-0.05, 0) is 42.8 Å². The van der Waals surface area contributed by atoms with Crippen molar-refractivity contribution >= 4 is 23.1 Å². The highest BCUT2D eigenvalue weighted by molar-refractivity contribution is 7.09. The van der Waals surface area contributed by atoms with Gasteiger partial charge in [0.15, 0.2) is 0 Å². The number of carbonyl (C=O) groups is 1. The Morgan fingerprint density at radius 1 is 1.16 bits per heavy atom. The van der Waals surface area contributed by atoms with Crippen molar-refractivity contribution in [2.45, 2.75) is 20.3 Å². The number of anilines is 1. The van der Waals surface area contributed by atoms with E-state index in [9.17, 15) is 4.79 Å². The van der Waals surface area contributed by atoms with Crippen molar-refractivity contribution in [2.24, 2.45) is 0 Å². The molecule has 0 aliphatic rings. The van der Waals surface area contributed by atoms with Crippen LogP contribution in [0.3, 0.4) is 0 Å². The zero-order valence-electron chi connectivity index (χ0n) is 11.2. The maximum Gasteiger partial charge on any atom is 0.319 e. The minimum Gasteiger partial charge on any atom is -0.338 e. The SMILES string of the molecule is Cc1cccc(C)c1NC(=O)NCCc1cccs1. The van der Waals surface area contributed by atoms with Crippen LogP contribution >= 0.6 is 11.3 Å². The first-order valence-corrected chi connectivity index (χ1v) is 7.18. The Morgan fingerprint density at radius 2 is 1.89 bits per heavy atom. The van der Waals surface area contributed by atoms with Crippen LogP contribution in [0.1, 0.15) is 16.0 Å². The van der Waals surface area contributed by atoms with Crippen LogP contribution in [0.25, 0.3) is 0 Å². The molecule has 0 aliphatic heterocycles. The molecule has 0 spiro atoms. The molecule has 0 saturated heterocycles. The summed E-state index contributed by atoms with van der Waals surface area (Å²) >= 11 is 1.71. The summed E-state index contributed by atoms with van der Waals surface area (Å²) in [5.41, 5.74) is 3.05. The minimum atomic E-state index is -0.144. The minimum absolute atomic E-state index is 0.144. The monoisotopic (exact) mass is 274 g/mol. The van der Waals surface area contributed by atoms with Crippen molar-refractivity contribution < 1.29 is 4.79 Å². The van der Waals surface area contributed by atoms with Gasteiger partial charge in [-0.2, -0.15) is 0 Å². The maximum atomic E-state index is 11.8. The molecule has 0 aliphatic carbocycles. The van der Waals surface area contributed by atoms with E-state index in [1.165, 1.54) is 4.88 Å². The summed E-state index contributed by atoms with van der Waals surface area (Å²) in [6, 6.07) is 9.94. The quantitative estimate of drug-likeness (QED) is 0.876. The molecule has 0 unspecified atom stereocenters. The summed E-state index contributed by atoms with van der Waals surface area (Å²) in [4.78, 5) is 13.1. The number of benzene rings is 1. The van der Waals surface area contributed by atoms with Gasteiger partial charge >= 0.3 is 6.03 Å². The highest BCUT2D eigenvalue weighted by atomic mass is 32.1. The Morgan fingerprint density at radius 3 is 2.53 bits per heavy atom. The van der Waals surface area contributed by atoms with E-state index < -0.39 is 0 Å². The molecular weight excluding hydrogens is 256 g/mol. The number of thiophene rings is 1. The van der Waals surface area contributed by atoms with Crippen LogP contribution in [0.5, 0.6) is 0 Å². The average molecular weight is 274 g/mol. The second-order valence-corrected chi connectivity index (χ2v) is 5.51. The highest BCUT2D eigenvalue weighted by Gasteiger charge is 2.06. The third kappa shape index (κ3) is 3.83. The van der Waals surface area contributed by atoms with Crippen LogP contribution < -0.4 is 10.6 Å². The van der Waals surface area contributed by atoms with E-state index in [1.807, 2.05) is 43.5 Å². The first-order valence-electron chi connectivity index (χ1n) is 6.30. The van der Waals surface area contributed by atoms with Crippen molar-refractivity contribution in [3.8, 4) is 0 Å². The lowest BCUT2D eigenvalue weighted by atomic mass is 10.1. The van der Waals surface area contributed by atoms with E-state index >= 15 is 0 Å². The largest absolute Gasteiger partial charge is 0.338 e. The summed E-state index contributed by atoms with van der Waals surface area (Å²) in [5.74, 6) is 0. The summed E-state index contributed by atoms with van der Waals surface area (Å²) in [7, 11) is 0. The van der Waals surface area contributed by atoms with E-state index in [4.69, 9.17) is 0 Å². The zero-order valence-corrected chi connectivity index (χ0v) is 12.0. The number of amides is 2. The maximum absolute atomic E-state index is 11.8. The number of aryl methyl sites for hydroxylation is 2. The van der Waals surface area contributed by atoms with Gasteiger partial charge in [0.05, 0.1) is 0 Å². The molecule has 1 aromatic carbocycles. The molecule has 2 aromatic rings. The smallest absolute Gasteiger partial charge is 0.319 e. The number of hydrogen-bond donors (Lipinski definition) is 2. The Hall–Kier alpha value is -1.81. The molecular formula is C15H18N2OS. The van der Waals surface area contributed by atoms with E-state index in [0.29, 0.717) is 6.54 Å². The molecule has 2 N–H and O–H groups in total. The Balaban J connectivity index is 1.84. The molecule has 4 heteroatoms. The van der Waals surface area contributed by atoms with E-state index in [0.717, 1.165) is 23.2 Å². The Labute approximate surface area is 117 Å². The van der Waals surface area contributed by atoms with Gasteiger partial charge in [-0.1, -0.05) is 24.3 Å². The lowest BCUT2D eigenvalue weighted by Gasteiger charge is -2.12. The molecule has 19 heavy (non-hydrogen) atoms. The van der Waals surface area contributed by atoms with Gasteiger partial charge in [-0.25, -0.2) is 4.79 Å². The van der Waals surface area contributed by atoms with Gasteiger partial charge in [-0.3, -0.25) is 0 Å². The lowest BCUT2D eigenvalue weighted by molar-refractivity contribution is 0.252. The number of nitrogens with one attached hydrogen (secondary N) is 2. The van der Waals surface area contributed by atoms with E-state index in [2.05, 4.69) is 16.7 Å². The van der Waals surface area contributed by atoms with E-state index in [-0.39, 0.29) is 6.03 Å². The normalized spacial score (nSPS) is 10.2. The molecule has 100 valence electrons. The van der Waals surface area contributed by atoms with Crippen molar-refractivity contribution in [3.05, 3.63) is 51.7 Å². The summed E-state index contributed by atoms with van der Waals surface area (Å²) in [6.45, 7) is 4.64. The van der Waals surface area contributed by atoms with Crippen LogP contribution in [-0.2, 0) is 6.42 Å². The summed E-state index contributed by atoms with van der Waals surface area (Å²) in [6.07, 6.45) is 0.873. The van der Waals surface area contributed by atoms with Gasteiger partial charge in [0.1, 0.15) is 0 Å². The van der Waals surface area contributed by atoms with Crippen molar-refractivity contribution in [3.63, 3.8) is 0 Å². The van der Waals surface area contributed by atoms with Gasteiger partial charge < -0.3 is 10.6 Å². The molecule has 0 fully saturated rings. The zero-order chi connectivity index (χ0) is 13.7. The van der Waals surface area contributed by atoms with Crippen LogP contribution in [0.4, 0.5) is 10.5 Å². The molecule has 0 bridgehead atoms. The molecule has 0 radical (unpaired) electrons. The highest BCUT2D eigenvalue weighted by Crippen LogP contribution is 2.19. The number of hydrogen-bond acceptors (Lipinski definition) is 2. The molecule has 0 atom stereocenters.